The van der Waals surface area contributed by atoms with E-state index in [4.69, 9.17) is 0 Å². The number of amides is 2. The molecule has 0 bridgehead atoms. The van der Waals surface area contributed by atoms with Crippen LogP contribution < -0.4 is 5.32 Å². The third-order valence-electron chi connectivity index (χ3n) is 2.95. The first-order chi connectivity index (χ1) is 9.61. The molecule has 3 nitrogen and oxygen atoms in total. The SMILES string of the molecule is O=C1CC(=Cc2ccc(-c3cccc(Br)c3)s2)C(=O)N1. The maximum Gasteiger partial charge on any atom is 0.254 e. The Morgan fingerprint density at radius 1 is 1.20 bits per heavy atom. The van der Waals surface area contributed by atoms with Crippen LogP contribution in [0.15, 0.2) is 46.4 Å². The van der Waals surface area contributed by atoms with Gasteiger partial charge in [0.15, 0.2) is 0 Å². The first kappa shape index (κ1) is 13.3. The molecule has 2 amide bonds. The minimum atomic E-state index is -0.285. The van der Waals surface area contributed by atoms with Crippen molar-refractivity contribution < 1.29 is 9.59 Å². The van der Waals surface area contributed by atoms with Crippen molar-refractivity contribution >= 4 is 45.2 Å². The van der Waals surface area contributed by atoms with Crippen molar-refractivity contribution in [2.75, 3.05) is 0 Å². The van der Waals surface area contributed by atoms with Gasteiger partial charge in [0.2, 0.25) is 5.91 Å². The Hall–Kier alpha value is -1.72. The molecule has 1 aliphatic heterocycles. The first-order valence-electron chi connectivity index (χ1n) is 6.02. The van der Waals surface area contributed by atoms with E-state index in [2.05, 4.69) is 27.3 Å². The molecule has 2 heterocycles. The lowest BCUT2D eigenvalue weighted by Gasteiger charge is -1.97. The number of rotatable bonds is 2. The van der Waals surface area contributed by atoms with Crippen LogP contribution in [0.25, 0.3) is 16.5 Å². The number of halogens is 1. The number of carbonyl (C=O) groups excluding carboxylic acids is 2. The van der Waals surface area contributed by atoms with Crippen molar-refractivity contribution in [1.29, 1.82) is 0 Å². The Labute approximate surface area is 128 Å². The molecule has 2 aromatic rings. The van der Waals surface area contributed by atoms with E-state index in [0.29, 0.717) is 5.57 Å². The van der Waals surface area contributed by atoms with Gasteiger partial charge < -0.3 is 0 Å². The van der Waals surface area contributed by atoms with Crippen molar-refractivity contribution in [3.8, 4) is 10.4 Å². The smallest absolute Gasteiger partial charge is 0.254 e. The molecule has 5 heteroatoms. The minimum absolute atomic E-state index is 0.170. The highest BCUT2D eigenvalue weighted by molar-refractivity contribution is 9.10. The standard InChI is InChI=1S/C15H10BrNO2S/c16-11-3-1-2-9(6-11)13-5-4-12(20-13)7-10-8-14(18)17-15(10)19/h1-7H,8H2,(H,17,18,19). The molecule has 0 atom stereocenters. The second-order valence-electron chi connectivity index (χ2n) is 4.44. The summed E-state index contributed by atoms with van der Waals surface area (Å²) in [6, 6.07) is 12.0. The molecule has 1 fully saturated rings. The average Bonchev–Trinajstić information content (AvgIpc) is 2.97. The molecule has 0 saturated carbocycles. The number of hydrogen-bond acceptors (Lipinski definition) is 3. The first-order valence-corrected chi connectivity index (χ1v) is 7.63. The fourth-order valence-corrected chi connectivity index (χ4v) is 3.39. The summed E-state index contributed by atoms with van der Waals surface area (Å²) in [6.07, 6.45) is 1.95. The lowest BCUT2D eigenvalue weighted by atomic mass is 10.2. The molecule has 1 N–H and O–H groups in total. The van der Waals surface area contributed by atoms with Gasteiger partial charge in [0.25, 0.3) is 5.91 Å². The molecular formula is C15H10BrNO2S. The predicted octanol–water partition coefficient (Wildman–Crippen LogP) is 3.61. The van der Waals surface area contributed by atoms with E-state index in [1.54, 1.807) is 17.4 Å². The lowest BCUT2D eigenvalue weighted by molar-refractivity contribution is -0.124. The summed E-state index contributed by atoms with van der Waals surface area (Å²) in [5, 5.41) is 2.29. The van der Waals surface area contributed by atoms with Gasteiger partial charge in [0, 0.05) is 19.8 Å². The molecule has 1 saturated heterocycles. The summed E-state index contributed by atoms with van der Waals surface area (Å²) in [4.78, 5) is 24.8. The predicted molar refractivity (Wildman–Crippen MR) is 83.2 cm³/mol. The van der Waals surface area contributed by atoms with Gasteiger partial charge >= 0.3 is 0 Å². The van der Waals surface area contributed by atoms with E-state index in [1.165, 1.54) is 0 Å². The van der Waals surface area contributed by atoms with Gasteiger partial charge in [-0.25, -0.2) is 0 Å². The van der Waals surface area contributed by atoms with E-state index in [9.17, 15) is 9.59 Å². The third-order valence-corrected chi connectivity index (χ3v) is 4.52. The van der Waals surface area contributed by atoms with Gasteiger partial charge in [-0.05, 0) is 35.9 Å². The zero-order valence-corrected chi connectivity index (χ0v) is 12.8. The van der Waals surface area contributed by atoms with Gasteiger partial charge in [-0.3, -0.25) is 14.9 Å². The Bertz CT molecular complexity index is 733. The highest BCUT2D eigenvalue weighted by Gasteiger charge is 2.23. The van der Waals surface area contributed by atoms with E-state index in [0.717, 1.165) is 19.8 Å². The fourth-order valence-electron chi connectivity index (χ4n) is 2.02. The van der Waals surface area contributed by atoms with Crippen molar-refractivity contribution in [2.24, 2.45) is 0 Å². The molecule has 20 heavy (non-hydrogen) atoms. The number of imide groups is 1. The molecular weight excluding hydrogens is 338 g/mol. The van der Waals surface area contributed by atoms with Gasteiger partial charge in [0.1, 0.15) is 0 Å². The van der Waals surface area contributed by atoms with E-state index in [-0.39, 0.29) is 18.2 Å². The lowest BCUT2D eigenvalue weighted by Crippen LogP contribution is -2.19. The topological polar surface area (TPSA) is 46.2 Å². The van der Waals surface area contributed by atoms with Gasteiger partial charge in [-0.15, -0.1) is 11.3 Å². The van der Waals surface area contributed by atoms with Gasteiger partial charge in [-0.1, -0.05) is 28.1 Å². The fraction of sp³-hybridized carbons (Fsp3) is 0.0667. The summed E-state index contributed by atoms with van der Waals surface area (Å²) >= 11 is 5.05. The van der Waals surface area contributed by atoms with Crippen LogP contribution in [0.2, 0.25) is 0 Å². The van der Waals surface area contributed by atoms with Crippen LogP contribution in [0.5, 0.6) is 0 Å². The van der Waals surface area contributed by atoms with Crippen LogP contribution in [-0.4, -0.2) is 11.8 Å². The Balaban J connectivity index is 1.89. The average molecular weight is 348 g/mol. The van der Waals surface area contributed by atoms with Crippen LogP contribution >= 0.6 is 27.3 Å². The van der Waals surface area contributed by atoms with E-state index in [1.807, 2.05) is 30.3 Å². The molecule has 1 aliphatic rings. The van der Waals surface area contributed by atoms with Crippen molar-refractivity contribution in [3.05, 3.63) is 51.3 Å². The molecule has 0 spiro atoms. The second-order valence-corrected chi connectivity index (χ2v) is 6.47. The number of nitrogens with one attached hydrogen (secondary N) is 1. The molecule has 0 aliphatic carbocycles. The normalized spacial score (nSPS) is 16.8. The highest BCUT2D eigenvalue weighted by atomic mass is 79.9. The Morgan fingerprint density at radius 3 is 2.75 bits per heavy atom. The second kappa shape index (κ2) is 5.34. The van der Waals surface area contributed by atoms with Gasteiger partial charge in [-0.2, -0.15) is 0 Å². The molecule has 100 valence electrons. The zero-order chi connectivity index (χ0) is 14.1. The van der Waals surface area contributed by atoms with Crippen LogP contribution in [0.1, 0.15) is 11.3 Å². The quantitative estimate of drug-likeness (QED) is 0.666. The largest absolute Gasteiger partial charge is 0.292 e. The van der Waals surface area contributed by atoms with E-state index >= 15 is 0 Å². The summed E-state index contributed by atoms with van der Waals surface area (Å²) in [5.41, 5.74) is 1.65. The zero-order valence-electron chi connectivity index (χ0n) is 10.4. The maximum absolute atomic E-state index is 11.5. The Kier molecular flexibility index (Phi) is 3.54. The summed E-state index contributed by atoms with van der Waals surface area (Å²) in [5.74, 6) is -0.516. The van der Waals surface area contributed by atoms with Crippen LogP contribution in [-0.2, 0) is 9.59 Å². The monoisotopic (exact) mass is 347 g/mol. The van der Waals surface area contributed by atoms with E-state index < -0.39 is 0 Å². The molecule has 0 radical (unpaired) electrons. The van der Waals surface area contributed by atoms with Crippen LogP contribution in [0.3, 0.4) is 0 Å². The Morgan fingerprint density at radius 2 is 2.05 bits per heavy atom. The number of carbonyl (C=O) groups is 2. The van der Waals surface area contributed by atoms with Crippen molar-refractivity contribution in [1.82, 2.24) is 5.32 Å². The minimum Gasteiger partial charge on any atom is -0.292 e. The highest BCUT2D eigenvalue weighted by Crippen LogP contribution is 2.31. The van der Waals surface area contributed by atoms with Crippen LogP contribution in [0, 0.1) is 0 Å². The van der Waals surface area contributed by atoms with Crippen molar-refractivity contribution in [2.45, 2.75) is 6.42 Å². The molecule has 0 unspecified atom stereocenters. The van der Waals surface area contributed by atoms with Crippen LogP contribution in [0.4, 0.5) is 0 Å². The number of thiophene rings is 1. The summed E-state index contributed by atoms with van der Waals surface area (Å²) in [7, 11) is 0. The molecule has 1 aromatic heterocycles. The molecule has 3 rings (SSSR count). The summed E-state index contributed by atoms with van der Waals surface area (Å²) in [6.45, 7) is 0. The third kappa shape index (κ3) is 2.73. The number of benzene rings is 1. The summed E-state index contributed by atoms with van der Waals surface area (Å²) < 4.78 is 1.03. The maximum atomic E-state index is 11.5. The molecule has 1 aromatic carbocycles. The van der Waals surface area contributed by atoms with Crippen molar-refractivity contribution in [3.63, 3.8) is 0 Å². The number of hydrogen-bond donors (Lipinski definition) is 1. The van der Waals surface area contributed by atoms with Gasteiger partial charge in [0.05, 0.1) is 6.42 Å².